The number of aliphatic carboxylic acids is 1. The van der Waals surface area contributed by atoms with Crippen LogP contribution in [0, 0.1) is 18.8 Å². The number of aromatic nitrogens is 1. The summed E-state index contributed by atoms with van der Waals surface area (Å²) in [7, 11) is 0. The van der Waals surface area contributed by atoms with E-state index in [1.54, 1.807) is 6.20 Å². The SMILES string of the molecule is Cc1cc(NCC(C(=O)O)C(C)C)ccn1. The minimum Gasteiger partial charge on any atom is -0.481 e. The summed E-state index contributed by atoms with van der Waals surface area (Å²) in [5.41, 5.74) is 1.83. The highest BCUT2D eigenvalue weighted by atomic mass is 16.4. The Bertz CT molecular complexity index is 364. The zero-order valence-electron chi connectivity index (χ0n) is 9.90. The Labute approximate surface area is 95.7 Å². The Morgan fingerprint density at radius 3 is 2.75 bits per heavy atom. The molecule has 0 spiro atoms. The number of nitrogens with one attached hydrogen (secondary N) is 1. The molecule has 0 bridgehead atoms. The summed E-state index contributed by atoms with van der Waals surface area (Å²) >= 11 is 0. The van der Waals surface area contributed by atoms with E-state index in [9.17, 15) is 4.79 Å². The van der Waals surface area contributed by atoms with Gasteiger partial charge in [-0.3, -0.25) is 9.78 Å². The van der Waals surface area contributed by atoms with Crippen LogP contribution in [0.1, 0.15) is 19.5 Å². The van der Waals surface area contributed by atoms with Crippen molar-refractivity contribution in [2.24, 2.45) is 11.8 Å². The number of rotatable bonds is 5. The van der Waals surface area contributed by atoms with Crippen molar-refractivity contribution < 1.29 is 9.90 Å². The molecule has 1 aromatic rings. The fraction of sp³-hybridized carbons (Fsp3) is 0.500. The van der Waals surface area contributed by atoms with E-state index < -0.39 is 5.97 Å². The number of hydrogen-bond donors (Lipinski definition) is 2. The molecule has 0 amide bonds. The standard InChI is InChI=1S/C12H18N2O2/c1-8(2)11(12(15)16)7-14-10-4-5-13-9(3)6-10/h4-6,8,11H,7H2,1-3H3,(H,13,14)(H,15,16). The summed E-state index contributed by atoms with van der Waals surface area (Å²) in [4.78, 5) is 15.1. The lowest BCUT2D eigenvalue weighted by atomic mass is 9.96. The zero-order chi connectivity index (χ0) is 12.1. The number of carboxylic acids is 1. The van der Waals surface area contributed by atoms with Crippen LogP contribution in [-0.4, -0.2) is 22.6 Å². The van der Waals surface area contributed by atoms with Gasteiger partial charge in [-0.05, 0) is 25.0 Å². The molecule has 0 saturated heterocycles. The lowest BCUT2D eigenvalue weighted by Crippen LogP contribution is -2.27. The first-order chi connectivity index (χ1) is 7.50. The number of hydrogen-bond acceptors (Lipinski definition) is 3. The maximum absolute atomic E-state index is 11.0. The van der Waals surface area contributed by atoms with Gasteiger partial charge < -0.3 is 10.4 Å². The van der Waals surface area contributed by atoms with Gasteiger partial charge >= 0.3 is 5.97 Å². The van der Waals surface area contributed by atoms with Crippen molar-refractivity contribution in [2.75, 3.05) is 11.9 Å². The summed E-state index contributed by atoms with van der Waals surface area (Å²) in [6.07, 6.45) is 1.71. The molecule has 1 aromatic heterocycles. The Kier molecular flexibility index (Phi) is 4.28. The van der Waals surface area contributed by atoms with E-state index in [0.717, 1.165) is 11.4 Å². The largest absolute Gasteiger partial charge is 0.481 e. The molecule has 0 fully saturated rings. The second kappa shape index (κ2) is 5.49. The van der Waals surface area contributed by atoms with Crippen LogP contribution in [0.15, 0.2) is 18.3 Å². The fourth-order valence-electron chi connectivity index (χ4n) is 1.49. The molecule has 0 aliphatic carbocycles. The van der Waals surface area contributed by atoms with Gasteiger partial charge in [-0.1, -0.05) is 13.8 Å². The van der Waals surface area contributed by atoms with E-state index in [1.807, 2.05) is 32.9 Å². The second-order valence-corrected chi connectivity index (χ2v) is 4.26. The number of pyridine rings is 1. The van der Waals surface area contributed by atoms with Crippen molar-refractivity contribution >= 4 is 11.7 Å². The van der Waals surface area contributed by atoms with Gasteiger partial charge in [-0.15, -0.1) is 0 Å². The molecule has 1 unspecified atom stereocenters. The summed E-state index contributed by atoms with van der Waals surface area (Å²) in [5, 5.41) is 12.2. The highest BCUT2D eigenvalue weighted by molar-refractivity contribution is 5.71. The van der Waals surface area contributed by atoms with Crippen LogP contribution >= 0.6 is 0 Å². The van der Waals surface area contributed by atoms with E-state index in [1.165, 1.54) is 0 Å². The summed E-state index contributed by atoms with van der Waals surface area (Å²) in [5.74, 6) is -1.00. The molecule has 1 atom stereocenters. The lowest BCUT2D eigenvalue weighted by molar-refractivity contribution is -0.142. The van der Waals surface area contributed by atoms with Crippen molar-refractivity contribution in [3.8, 4) is 0 Å². The van der Waals surface area contributed by atoms with Gasteiger partial charge in [0.25, 0.3) is 0 Å². The van der Waals surface area contributed by atoms with E-state index in [2.05, 4.69) is 10.3 Å². The minimum atomic E-state index is -0.756. The minimum absolute atomic E-state index is 0.118. The van der Waals surface area contributed by atoms with Crippen LogP contribution in [0.5, 0.6) is 0 Å². The number of anilines is 1. The van der Waals surface area contributed by atoms with Crippen molar-refractivity contribution in [2.45, 2.75) is 20.8 Å². The molecule has 1 rings (SSSR count). The first-order valence-electron chi connectivity index (χ1n) is 5.40. The Balaban J connectivity index is 2.59. The average molecular weight is 222 g/mol. The maximum Gasteiger partial charge on any atom is 0.308 e. The van der Waals surface area contributed by atoms with E-state index in [0.29, 0.717) is 6.54 Å². The normalized spacial score (nSPS) is 12.5. The molecule has 0 aromatic carbocycles. The van der Waals surface area contributed by atoms with Gasteiger partial charge in [0.1, 0.15) is 0 Å². The second-order valence-electron chi connectivity index (χ2n) is 4.26. The zero-order valence-corrected chi connectivity index (χ0v) is 9.90. The van der Waals surface area contributed by atoms with Crippen LogP contribution < -0.4 is 5.32 Å². The van der Waals surface area contributed by atoms with Gasteiger partial charge in [0.2, 0.25) is 0 Å². The molecular weight excluding hydrogens is 204 g/mol. The molecular formula is C12H18N2O2. The van der Waals surface area contributed by atoms with Crippen molar-refractivity contribution in [3.05, 3.63) is 24.0 Å². The molecule has 4 nitrogen and oxygen atoms in total. The summed E-state index contributed by atoms with van der Waals surface area (Å²) in [6, 6.07) is 3.74. The van der Waals surface area contributed by atoms with E-state index in [-0.39, 0.29) is 11.8 Å². The van der Waals surface area contributed by atoms with Crippen LogP contribution in [0.2, 0.25) is 0 Å². The van der Waals surface area contributed by atoms with Gasteiger partial charge in [-0.2, -0.15) is 0 Å². The number of carbonyl (C=O) groups is 1. The Hall–Kier alpha value is -1.58. The van der Waals surface area contributed by atoms with Gasteiger partial charge in [0.05, 0.1) is 5.92 Å². The molecule has 0 saturated carbocycles. The average Bonchev–Trinajstić information content (AvgIpc) is 2.16. The summed E-state index contributed by atoms with van der Waals surface area (Å²) in [6.45, 7) is 6.18. The lowest BCUT2D eigenvalue weighted by Gasteiger charge is -2.17. The van der Waals surface area contributed by atoms with Gasteiger partial charge in [-0.25, -0.2) is 0 Å². The third kappa shape index (κ3) is 3.53. The monoisotopic (exact) mass is 222 g/mol. The molecule has 0 radical (unpaired) electrons. The predicted octanol–water partition coefficient (Wildman–Crippen LogP) is 2.16. The number of carboxylic acid groups (broad SMARTS) is 1. The third-order valence-electron chi connectivity index (χ3n) is 2.54. The Morgan fingerprint density at radius 1 is 1.56 bits per heavy atom. The molecule has 0 aliphatic heterocycles. The molecule has 1 heterocycles. The maximum atomic E-state index is 11.0. The smallest absolute Gasteiger partial charge is 0.308 e. The molecule has 16 heavy (non-hydrogen) atoms. The van der Waals surface area contributed by atoms with Crippen molar-refractivity contribution in [1.29, 1.82) is 0 Å². The molecule has 4 heteroatoms. The van der Waals surface area contributed by atoms with E-state index >= 15 is 0 Å². The van der Waals surface area contributed by atoms with Crippen LogP contribution in [-0.2, 0) is 4.79 Å². The predicted molar refractivity (Wildman–Crippen MR) is 63.4 cm³/mol. The molecule has 2 N–H and O–H groups in total. The van der Waals surface area contributed by atoms with E-state index in [4.69, 9.17) is 5.11 Å². The van der Waals surface area contributed by atoms with Gasteiger partial charge in [0.15, 0.2) is 0 Å². The first kappa shape index (κ1) is 12.5. The summed E-state index contributed by atoms with van der Waals surface area (Å²) < 4.78 is 0. The Morgan fingerprint density at radius 2 is 2.25 bits per heavy atom. The van der Waals surface area contributed by atoms with Crippen molar-refractivity contribution in [1.82, 2.24) is 4.98 Å². The van der Waals surface area contributed by atoms with Crippen molar-refractivity contribution in [3.63, 3.8) is 0 Å². The molecule has 88 valence electrons. The van der Waals surface area contributed by atoms with Crippen LogP contribution in [0.4, 0.5) is 5.69 Å². The fourth-order valence-corrected chi connectivity index (χ4v) is 1.49. The quantitative estimate of drug-likeness (QED) is 0.801. The molecule has 0 aliphatic rings. The van der Waals surface area contributed by atoms with Gasteiger partial charge in [0, 0.05) is 24.1 Å². The highest BCUT2D eigenvalue weighted by Gasteiger charge is 2.20. The first-order valence-corrected chi connectivity index (χ1v) is 5.40. The van der Waals surface area contributed by atoms with Crippen LogP contribution in [0.25, 0.3) is 0 Å². The number of aryl methyl sites for hydroxylation is 1. The third-order valence-corrected chi connectivity index (χ3v) is 2.54. The topological polar surface area (TPSA) is 62.2 Å². The highest BCUT2D eigenvalue weighted by Crippen LogP contribution is 2.13. The van der Waals surface area contributed by atoms with Crippen LogP contribution in [0.3, 0.4) is 0 Å². The number of nitrogens with zero attached hydrogens (tertiary/aromatic N) is 1.